The molecule has 0 amide bonds. The van der Waals surface area contributed by atoms with Crippen LogP contribution in [0, 0.1) is 6.92 Å². The fraction of sp³-hybridized carbons (Fsp3) is 0.160. The maximum Gasteiger partial charge on any atom is 0.336 e. The van der Waals surface area contributed by atoms with Gasteiger partial charge in [0.25, 0.3) is 0 Å². The Kier molecular flexibility index (Phi) is 4.81. The molecule has 0 aliphatic carbocycles. The first-order chi connectivity index (χ1) is 14.6. The lowest BCUT2D eigenvalue weighted by Crippen LogP contribution is -3.10. The summed E-state index contributed by atoms with van der Waals surface area (Å²) in [6.07, 6.45) is 0. The van der Waals surface area contributed by atoms with Crippen LogP contribution in [0.2, 0.25) is 5.02 Å². The molecule has 30 heavy (non-hydrogen) atoms. The predicted molar refractivity (Wildman–Crippen MR) is 118 cm³/mol. The zero-order chi connectivity index (χ0) is 20.7. The normalized spacial score (nSPS) is 15.6. The molecule has 0 bridgehead atoms. The van der Waals surface area contributed by atoms with Crippen molar-refractivity contribution >= 4 is 22.6 Å². The van der Waals surface area contributed by atoms with Gasteiger partial charge in [-0.2, -0.15) is 0 Å². The fourth-order valence-electron chi connectivity index (χ4n) is 4.07. The van der Waals surface area contributed by atoms with Crippen molar-refractivity contribution in [2.24, 2.45) is 0 Å². The van der Waals surface area contributed by atoms with Gasteiger partial charge in [-0.15, -0.1) is 0 Å². The van der Waals surface area contributed by atoms with Crippen LogP contribution in [0.5, 0.6) is 5.75 Å². The third kappa shape index (κ3) is 3.49. The Hall–Kier alpha value is -3.08. The monoisotopic (exact) mass is 418 g/mol. The van der Waals surface area contributed by atoms with Gasteiger partial charge in [-0.1, -0.05) is 71.8 Å². The fourth-order valence-corrected chi connectivity index (χ4v) is 4.34. The number of hydrogen-bond acceptors (Lipinski definition) is 3. The minimum atomic E-state index is -0.378. The van der Waals surface area contributed by atoms with Gasteiger partial charge in [0.1, 0.15) is 13.1 Å². The summed E-state index contributed by atoms with van der Waals surface area (Å²) >= 11 is 6.59. The number of quaternary nitrogens is 1. The second-order valence-corrected chi connectivity index (χ2v) is 8.17. The van der Waals surface area contributed by atoms with Crippen LogP contribution in [-0.2, 0) is 13.1 Å². The highest BCUT2D eigenvalue weighted by molar-refractivity contribution is 6.33. The quantitative estimate of drug-likeness (QED) is 0.503. The molecule has 0 saturated heterocycles. The lowest BCUT2D eigenvalue weighted by molar-refractivity contribution is -0.945. The number of ether oxygens (including phenoxy) is 1. The average Bonchev–Trinajstić information content (AvgIpc) is 2.76. The summed E-state index contributed by atoms with van der Waals surface area (Å²) in [6.45, 7) is 4.07. The van der Waals surface area contributed by atoms with Gasteiger partial charge in [-0.3, -0.25) is 4.90 Å². The molecule has 2 heterocycles. The molecule has 1 aliphatic heterocycles. The Morgan fingerprint density at radius 2 is 1.80 bits per heavy atom. The molecule has 0 fully saturated rings. The van der Waals surface area contributed by atoms with Gasteiger partial charge in [-0.05, 0) is 24.1 Å². The van der Waals surface area contributed by atoms with E-state index in [1.807, 2.05) is 36.4 Å². The molecule has 0 spiro atoms. The van der Waals surface area contributed by atoms with Crippen molar-refractivity contribution in [1.82, 2.24) is 0 Å². The molecule has 0 saturated carbocycles. The highest BCUT2D eigenvalue weighted by Gasteiger charge is 2.28. The van der Waals surface area contributed by atoms with E-state index in [0.717, 1.165) is 28.6 Å². The van der Waals surface area contributed by atoms with Crippen molar-refractivity contribution in [3.63, 3.8) is 0 Å². The van der Waals surface area contributed by atoms with E-state index in [4.69, 9.17) is 20.8 Å². The van der Waals surface area contributed by atoms with Crippen LogP contribution in [-0.4, -0.2) is 6.73 Å². The largest absolute Gasteiger partial charge is 0.443 e. The Bertz CT molecular complexity index is 1280. The Morgan fingerprint density at radius 3 is 2.57 bits per heavy atom. The summed E-state index contributed by atoms with van der Waals surface area (Å²) < 4.78 is 11.7. The summed E-state index contributed by atoms with van der Waals surface area (Å²) in [7, 11) is 0. The lowest BCUT2D eigenvalue weighted by Gasteiger charge is -2.27. The van der Waals surface area contributed by atoms with Crippen LogP contribution in [0.25, 0.3) is 22.1 Å². The molecule has 3 aromatic carbocycles. The number of rotatable bonds is 3. The number of hydrogen-bond donors (Lipinski definition) is 1. The summed E-state index contributed by atoms with van der Waals surface area (Å²) in [5, 5.41) is 1.36. The van der Waals surface area contributed by atoms with Crippen molar-refractivity contribution in [3.05, 3.63) is 98.9 Å². The zero-order valence-electron chi connectivity index (χ0n) is 16.6. The van der Waals surface area contributed by atoms with Crippen LogP contribution in [0.15, 0.2) is 75.9 Å². The number of aryl methyl sites for hydroxylation is 1. The lowest BCUT2D eigenvalue weighted by atomic mass is 9.99. The van der Waals surface area contributed by atoms with Gasteiger partial charge in [0, 0.05) is 17.0 Å². The maximum atomic E-state index is 12.4. The molecule has 4 nitrogen and oxygen atoms in total. The second kappa shape index (κ2) is 7.63. The topological polar surface area (TPSA) is 43.9 Å². The van der Waals surface area contributed by atoms with Crippen molar-refractivity contribution in [3.8, 4) is 16.9 Å². The standard InChI is InChI=1S/C25H20ClNO3/c1-16-7-9-17(10-8-16)13-27-14-21-24-20(11-22(26)25(21)29-15-27)19(12-23(28)30-24)18-5-3-2-4-6-18/h2-12H,13-15H2,1H3/p+1. The summed E-state index contributed by atoms with van der Waals surface area (Å²) in [5.74, 6) is 0.616. The highest BCUT2D eigenvalue weighted by atomic mass is 35.5. The predicted octanol–water partition coefficient (Wildman–Crippen LogP) is 4.36. The van der Waals surface area contributed by atoms with Crippen molar-refractivity contribution in [2.75, 3.05) is 6.73 Å². The second-order valence-electron chi connectivity index (χ2n) is 7.77. The van der Waals surface area contributed by atoms with Crippen molar-refractivity contribution < 1.29 is 14.1 Å². The molecule has 1 unspecified atom stereocenters. The molecule has 1 aliphatic rings. The van der Waals surface area contributed by atoms with Gasteiger partial charge in [-0.25, -0.2) is 4.79 Å². The zero-order valence-corrected chi connectivity index (χ0v) is 17.3. The third-order valence-corrected chi connectivity index (χ3v) is 5.82. The molecule has 5 rings (SSSR count). The van der Waals surface area contributed by atoms with Gasteiger partial charge < -0.3 is 9.15 Å². The van der Waals surface area contributed by atoms with E-state index in [1.54, 1.807) is 0 Å². The van der Waals surface area contributed by atoms with Gasteiger partial charge >= 0.3 is 5.63 Å². The van der Waals surface area contributed by atoms with Crippen LogP contribution >= 0.6 is 11.6 Å². The molecule has 4 aromatic rings. The van der Waals surface area contributed by atoms with E-state index in [9.17, 15) is 4.79 Å². The molecule has 1 N–H and O–H groups in total. The molecular formula is C25H21ClNO3+. The summed E-state index contributed by atoms with van der Waals surface area (Å²) in [4.78, 5) is 13.6. The van der Waals surface area contributed by atoms with E-state index in [0.29, 0.717) is 29.6 Å². The van der Waals surface area contributed by atoms with E-state index in [1.165, 1.54) is 22.1 Å². The first-order valence-corrected chi connectivity index (χ1v) is 10.3. The Morgan fingerprint density at radius 1 is 1.03 bits per heavy atom. The van der Waals surface area contributed by atoms with Crippen LogP contribution in [0.1, 0.15) is 16.7 Å². The number of benzene rings is 3. The van der Waals surface area contributed by atoms with Gasteiger partial charge in [0.05, 0.1) is 10.6 Å². The number of nitrogens with one attached hydrogen (secondary N) is 1. The molecule has 150 valence electrons. The Labute approximate surface area is 179 Å². The van der Waals surface area contributed by atoms with E-state index >= 15 is 0 Å². The molecular weight excluding hydrogens is 398 g/mol. The number of fused-ring (bicyclic) bond motifs is 3. The minimum Gasteiger partial charge on any atom is -0.443 e. The van der Waals surface area contributed by atoms with Crippen LogP contribution in [0.3, 0.4) is 0 Å². The first-order valence-electron chi connectivity index (χ1n) is 9.95. The smallest absolute Gasteiger partial charge is 0.336 e. The molecule has 1 atom stereocenters. The van der Waals surface area contributed by atoms with E-state index in [2.05, 4.69) is 31.2 Å². The van der Waals surface area contributed by atoms with Crippen molar-refractivity contribution in [2.45, 2.75) is 20.0 Å². The first kappa shape index (κ1) is 18.9. The van der Waals surface area contributed by atoms with Gasteiger partial charge in [0.2, 0.25) is 6.73 Å². The van der Waals surface area contributed by atoms with Gasteiger partial charge in [0.15, 0.2) is 11.3 Å². The highest BCUT2D eigenvalue weighted by Crippen LogP contribution is 2.39. The SMILES string of the molecule is Cc1ccc(C[NH+]2COc3c(Cl)cc4c(-c5ccccc5)cc(=O)oc4c3C2)cc1. The van der Waals surface area contributed by atoms with Crippen LogP contribution in [0.4, 0.5) is 0 Å². The molecule has 1 aromatic heterocycles. The molecule has 0 radical (unpaired) electrons. The maximum absolute atomic E-state index is 12.4. The van der Waals surface area contributed by atoms with Crippen LogP contribution < -0.4 is 15.3 Å². The van der Waals surface area contributed by atoms with E-state index in [-0.39, 0.29) is 5.63 Å². The Balaban J connectivity index is 1.60. The average molecular weight is 419 g/mol. The van der Waals surface area contributed by atoms with E-state index < -0.39 is 0 Å². The third-order valence-electron chi connectivity index (χ3n) is 5.54. The summed E-state index contributed by atoms with van der Waals surface area (Å²) in [5.41, 5.74) is 5.27. The molecule has 5 heteroatoms. The number of halogens is 1. The van der Waals surface area contributed by atoms with Crippen molar-refractivity contribution in [1.29, 1.82) is 0 Å². The minimum absolute atomic E-state index is 0.378. The summed E-state index contributed by atoms with van der Waals surface area (Å²) in [6, 6.07) is 21.7.